The van der Waals surface area contributed by atoms with Gasteiger partial charge in [-0.25, -0.2) is 9.37 Å². The van der Waals surface area contributed by atoms with Crippen LogP contribution in [-0.2, 0) is 11.2 Å². The van der Waals surface area contributed by atoms with Gasteiger partial charge in [-0.2, -0.15) is 0 Å². The number of aromatic nitrogens is 1. The van der Waals surface area contributed by atoms with Crippen molar-refractivity contribution in [1.29, 1.82) is 0 Å². The highest BCUT2D eigenvalue weighted by Gasteiger charge is 2.59. The van der Waals surface area contributed by atoms with Crippen molar-refractivity contribution in [3.8, 4) is 0 Å². The van der Waals surface area contributed by atoms with E-state index in [1.807, 2.05) is 11.8 Å². The Morgan fingerprint density at radius 2 is 1.89 bits per heavy atom. The zero-order chi connectivity index (χ0) is 26.4. The van der Waals surface area contributed by atoms with Crippen LogP contribution in [-0.4, -0.2) is 57.7 Å². The molecule has 3 N–H and O–H groups in total. The molecule has 2 heterocycles. The summed E-state index contributed by atoms with van der Waals surface area (Å²) in [5, 5.41) is 24.7. The molecule has 0 bridgehead atoms. The van der Waals surface area contributed by atoms with Crippen molar-refractivity contribution in [3.05, 3.63) is 46.2 Å². The molecule has 1 aliphatic heterocycles. The van der Waals surface area contributed by atoms with E-state index < -0.39 is 17.3 Å². The van der Waals surface area contributed by atoms with Gasteiger partial charge in [-0.1, -0.05) is 13.8 Å². The van der Waals surface area contributed by atoms with Gasteiger partial charge in [0.1, 0.15) is 5.82 Å². The van der Waals surface area contributed by atoms with Crippen molar-refractivity contribution in [2.45, 2.75) is 70.8 Å². The molecular formula is C28H36FN3O4S. The van der Waals surface area contributed by atoms with Crippen LogP contribution in [0.15, 0.2) is 24.3 Å². The molecule has 7 nitrogen and oxygen atoms in total. The summed E-state index contributed by atoms with van der Waals surface area (Å²) < 4.78 is 13.3. The molecule has 0 radical (unpaired) electrons. The number of carbonyl (C=O) groups excluding carboxylic acids is 2. The fourth-order valence-electron chi connectivity index (χ4n) is 6.92. The number of halogens is 1. The summed E-state index contributed by atoms with van der Waals surface area (Å²) in [7, 11) is 0. The Morgan fingerprint density at radius 1 is 1.19 bits per heavy atom. The highest BCUT2D eigenvalue weighted by atomic mass is 32.1. The maximum Gasteiger partial charge on any atom is 0.257 e. The smallest absolute Gasteiger partial charge is 0.257 e. The number of aliphatic hydroxyl groups is 2. The number of hydrogen-bond acceptors (Lipinski definition) is 6. The Balaban J connectivity index is 1.49. The summed E-state index contributed by atoms with van der Waals surface area (Å²) in [6.07, 6.45) is 4.81. The molecule has 1 saturated carbocycles. The fourth-order valence-corrected chi connectivity index (χ4v) is 7.98. The number of hydrogen-bond donors (Lipinski definition) is 3. The van der Waals surface area contributed by atoms with Crippen LogP contribution < -0.4 is 5.32 Å². The zero-order valence-electron chi connectivity index (χ0n) is 21.5. The van der Waals surface area contributed by atoms with E-state index in [0.29, 0.717) is 30.0 Å². The first-order chi connectivity index (χ1) is 17.7. The number of fused-ring (bicyclic) bond motifs is 2. The Kier molecular flexibility index (Phi) is 7.15. The number of benzene rings is 1. The monoisotopic (exact) mass is 529 g/mol. The lowest BCUT2D eigenvalue weighted by atomic mass is 9.47. The molecule has 2 aromatic rings. The van der Waals surface area contributed by atoms with Crippen molar-refractivity contribution >= 4 is 28.3 Å². The summed E-state index contributed by atoms with van der Waals surface area (Å²) in [6.45, 7) is 5.56. The average molecular weight is 530 g/mol. The number of carbonyl (C=O) groups is 2. The molecule has 1 saturated heterocycles. The third-order valence-electron chi connectivity index (χ3n) is 9.31. The largest absolute Gasteiger partial charge is 0.396 e. The molecule has 2 aliphatic carbocycles. The van der Waals surface area contributed by atoms with Crippen LogP contribution in [0.5, 0.6) is 0 Å². The molecule has 0 spiro atoms. The third kappa shape index (κ3) is 4.70. The molecule has 5 unspecified atom stereocenters. The number of amides is 2. The molecule has 2 fully saturated rings. The van der Waals surface area contributed by atoms with Crippen LogP contribution in [0.4, 0.5) is 9.52 Å². The summed E-state index contributed by atoms with van der Waals surface area (Å²) in [5.74, 6) is -0.874. The molecule has 2 amide bonds. The lowest BCUT2D eigenvalue weighted by Gasteiger charge is -2.58. The minimum Gasteiger partial charge on any atom is -0.396 e. The van der Waals surface area contributed by atoms with Crippen LogP contribution in [0.2, 0.25) is 0 Å². The van der Waals surface area contributed by atoms with Crippen molar-refractivity contribution in [2.24, 2.45) is 16.7 Å². The first kappa shape index (κ1) is 26.3. The van der Waals surface area contributed by atoms with Gasteiger partial charge >= 0.3 is 0 Å². The van der Waals surface area contributed by atoms with Crippen LogP contribution in [0, 0.1) is 22.6 Å². The maximum absolute atomic E-state index is 13.5. The lowest BCUT2D eigenvalue weighted by molar-refractivity contribution is -0.147. The van der Waals surface area contributed by atoms with Crippen LogP contribution in [0.1, 0.15) is 79.2 Å². The van der Waals surface area contributed by atoms with Gasteiger partial charge in [0.15, 0.2) is 5.13 Å². The standard InChI is InChI=1S/C28H36FN3O4S/c1-27-11-10-22(34)28(2,16-33)21(27)15-20-24(19(27)14-23(35)32-12-4-3-5-13-32)30-26(37-20)31-25(36)17-6-8-18(29)9-7-17/h6-9,19,21-22,33-34H,3-5,10-16H2,1-2H3,(H,30,31,36). The number of rotatable bonds is 5. The minimum atomic E-state index is -0.696. The van der Waals surface area contributed by atoms with Crippen LogP contribution >= 0.6 is 11.3 Å². The van der Waals surface area contributed by atoms with E-state index >= 15 is 0 Å². The molecule has 37 heavy (non-hydrogen) atoms. The molecule has 3 aliphatic rings. The second kappa shape index (κ2) is 10.1. The van der Waals surface area contributed by atoms with Gasteiger partial charge in [-0.05, 0) is 74.1 Å². The van der Waals surface area contributed by atoms with E-state index in [-0.39, 0.29) is 35.7 Å². The zero-order valence-corrected chi connectivity index (χ0v) is 22.3. The van der Waals surface area contributed by atoms with Gasteiger partial charge in [0.25, 0.3) is 5.91 Å². The molecular weight excluding hydrogens is 493 g/mol. The van der Waals surface area contributed by atoms with Gasteiger partial charge in [0, 0.05) is 41.3 Å². The second-order valence-corrected chi connectivity index (χ2v) is 12.6. The number of likely N-dealkylation sites (tertiary alicyclic amines) is 1. The second-order valence-electron chi connectivity index (χ2n) is 11.5. The van der Waals surface area contributed by atoms with Crippen LogP contribution in [0.3, 0.4) is 0 Å². The van der Waals surface area contributed by atoms with Crippen LogP contribution in [0.25, 0.3) is 0 Å². The number of piperidine rings is 1. The number of nitrogens with one attached hydrogen (secondary N) is 1. The highest BCUT2D eigenvalue weighted by molar-refractivity contribution is 7.15. The predicted octanol–water partition coefficient (Wildman–Crippen LogP) is 4.35. The highest BCUT2D eigenvalue weighted by Crippen LogP contribution is 2.63. The fraction of sp³-hybridized carbons (Fsp3) is 0.607. The lowest BCUT2D eigenvalue weighted by Crippen LogP contribution is -2.57. The van der Waals surface area contributed by atoms with Gasteiger partial charge in [0.05, 0.1) is 18.4 Å². The van der Waals surface area contributed by atoms with E-state index in [4.69, 9.17) is 4.98 Å². The molecule has 5 atom stereocenters. The average Bonchev–Trinajstić information content (AvgIpc) is 3.30. The summed E-state index contributed by atoms with van der Waals surface area (Å²) in [6, 6.07) is 5.36. The molecule has 1 aromatic carbocycles. The SMILES string of the molecule is CC1(CO)C(O)CCC2(C)C(CC(=O)N3CCCCC3)c3nc(NC(=O)c4ccc(F)cc4)sc3CC12. The van der Waals surface area contributed by atoms with E-state index in [1.54, 1.807) is 0 Å². The summed E-state index contributed by atoms with van der Waals surface area (Å²) >= 11 is 1.39. The normalized spacial score (nSPS) is 31.4. The number of anilines is 1. The Bertz CT molecular complexity index is 1160. The molecule has 9 heteroatoms. The van der Waals surface area contributed by atoms with E-state index in [9.17, 15) is 24.2 Å². The first-order valence-corrected chi connectivity index (χ1v) is 14.1. The van der Waals surface area contributed by atoms with Gasteiger partial charge in [-0.3, -0.25) is 14.9 Å². The first-order valence-electron chi connectivity index (χ1n) is 13.3. The number of thiazole rings is 1. The van der Waals surface area contributed by atoms with Crippen molar-refractivity contribution in [3.63, 3.8) is 0 Å². The minimum absolute atomic E-state index is 0.0403. The van der Waals surface area contributed by atoms with Gasteiger partial charge in [0.2, 0.25) is 5.91 Å². The van der Waals surface area contributed by atoms with E-state index in [2.05, 4.69) is 12.2 Å². The Morgan fingerprint density at radius 3 is 2.57 bits per heavy atom. The summed E-state index contributed by atoms with van der Waals surface area (Å²) in [5.41, 5.74) is 0.156. The predicted molar refractivity (Wildman–Crippen MR) is 140 cm³/mol. The Labute approximate surface area is 221 Å². The van der Waals surface area contributed by atoms with Crippen molar-refractivity contribution in [2.75, 3.05) is 25.0 Å². The third-order valence-corrected chi connectivity index (χ3v) is 10.3. The number of aliphatic hydroxyl groups excluding tert-OH is 2. The van der Waals surface area contributed by atoms with Crippen molar-refractivity contribution < 1.29 is 24.2 Å². The Hall–Kier alpha value is -2.36. The summed E-state index contributed by atoms with van der Waals surface area (Å²) in [4.78, 5) is 34.1. The molecule has 1 aromatic heterocycles. The van der Waals surface area contributed by atoms with Crippen molar-refractivity contribution in [1.82, 2.24) is 9.88 Å². The quantitative estimate of drug-likeness (QED) is 0.534. The van der Waals surface area contributed by atoms with Gasteiger partial charge in [-0.15, -0.1) is 11.3 Å². The van der Waals surface area contributed by atoms with Gasteiger partial charge < -0.3 is 15.1 Å². The van der Waals surface area contributed by atoms with E-state index in [1.165, 1.54) is 35.6 Å². The van der Waals surface area contributed by atoms with E-state index in [0.717, 1.165) is 49.3 Å². The topological polar surface area (TPSA) is 103 Å². The molecule has 200 valence electrons. The molecule has 5 rings (SSSR count). The maximum atomic E-state index is 13.5. The number of nitrogens with zero attached hydrogens (tertiary/aromatic N) is 2.